The van der Waals surface area contributed by atoms with Crippen LogP contribution in [0.5, 0.6) is 0 Å². The second-order valence-electron chi connectivity index (χ2n) is 5.34. The highest BCUT2D eigenvalue weighted by atomic mass is 15.2. The molecule has 3 nitrogen and oxygen atoms in total. The van der Waals surface area contributed by atoms with Gasteiger partial charge < -0.3 is 9.80 Å². The summed E-state index contributed by atoms with van der Waals surface area (Å²) < 4.78 is 0. The Morgan fingerprint density at radius 1 is 1.39 bits per heavy atom. The van der Waals surface area contributed by atoms with E-state index < -0.39 is 0 Å². The molecule has 1 aromatic carbocycles. The maximum absolute atomic E-state index is 9.26. The topological polar surface area (TPSA) is 30.3 Å². The number of hydrogen-bond donors (Lipinski definition) is 0. The highest BCUT2D eigenvalue weighted by Crippen LogP contribution is 2.25. The smallest absolute Gasteiger partial charge is 0.101 e. The Morgan fingerprint density at radius 2 is 2.17 bits per heavy atom. The van der Waals surface area contributed by atoms with Crippen molar-refractivity contribution < 1.29 is 0 Å². The molecule has 1 aliphatic heterocycles. The average Bonchev–Trinajstić information content (AvgIpc) is 2.38. The maximum atomic E-state index is 9.26. The van der Waals surface area contributed by atoms with Crippen molar-refractivity contribution in [3.63, 3.8) is 0 Å². The first kappa shape index (κ1) is 12.9. The SMILES string of the molecule is Cc1ccc(N2CCCC(N(C)C)C2)c(C#N)c1. The Kier molecular flexibility index (Phi) is 3.88. The number of piperidine rings is 1. The van der Waals surface area contributed by atoms with Crippen molar-refractivity contribution in [3.8, 4) is 6.07 Å². The van der Waals surface area contributed by atoms with E-state index in [2.05, 4.69) is 42.1 Å². The Hall–Kier alpha value is -1.53. The number of anilines is 1. The second kappa shape index (κ2) is 5.41. The van der Waals surface area contributed by atoms with Crippen molar-refractivity contribution in [2.45, 2.75) is 25.8 Å². The van der Waals surface area contributed by atoms with Gasteiger partial charge in [-0.2, -0.15) is 5.26 Å². The molecule has 0 radical (unpaired) electrons. The molecular weight excluding hydrogens is 222 g/mol. The lowest BCUT2D eigenvalue weighted by molar-refractivity contribution is 0.258. The van der Waals surface area contributed by atoms with Gasteiger partial charge in [0.05, 0.1) is 11.3 Å². The van der Waals surface area contributed by atoms with Crippen molar-refractivity contribution in [1.29, 1.82) is 5.26 Å². The first-order chi connectivity index (χ1) is 8.61. The maximum Gasteiger partial charge on any atom is 0.101 e. The van der Waals surface area contributed by atoms with Gasteiger partial charge >= 0.3 is 0 Å². The largest absolute Gasteiger partial charge is 0.369 e. The highest BCUT2D eigenvalue weighted by molar-refractivity contribution is 5.60. The predicted molar refractivity (Wildman–Crippen MR) is 74.8 cm³/mol. The van der Waals surface area contributed by atoms with Gasteiger partial charge in [-0.3, -0.25) is 0 Å². The van der Waals surface area contributed by atoms with Crippen LogP contribution in [0.2, 0.25) is 0 Å². The van der Waals surface area contributed by atoms with Crippen LogP contribution in [0.3, 0.4) is 0 Å². The molecule has 1 aromatic rings. The van der Waals surface area contributed by atoms with E-state index in [1.807, 2.05) is 13.0 Å². The number of nitriles is 1. The zero-order valence-corrected chi connectivity index (χ0v) is 11.5. The molecule has 0 bridgehead atoms. The zero-order chi connectivity index (χ0) is 13.1. The summed E-state index contributed by atoms with van der Waals surface area (Å²) in [6.45, 7) is 4.11. The molecule has 96 valence electrons. The first-order valence-corrected chi connectivity index (χ1v) is 6.54. The van der Waals surface area contributed by atoms with Gasteiger partial charge in [-0.15, -0.1) is 0 Å². The summed E-state index contributed by atoms with van der Waals surface area (Å²) in [5, 5.41) is 9.26. The fourth-order valence-electron chi connectivity index (χ4n) is 2.61. The Morgan fingerprint density at radius 3 is 2.83 bits per heavy atom. The average molecular weight is 243 g/mol. The molecule has 1 unspecified atom stereocenters. The van der Waals surface area contributed by atoms with Gasteiger partial charge in [-0.1, -0.05) is 6.07 Å². The summed E-state index contributed by atoms with van der Waals surface area (Å²) in [5.74, 6) is 0. The molecule has 1 aliphatic rings. The van der Waals surface area contributed by atoms with Gasteiger partial charge in [0.2, 0.25) is 0 Å². The van der Waals surface area contributed by atoms with Crippen LogP contribution in [0.15, 0.2) is 18.2 Å². The lowest BCUT2D eigenvalue weighted by atomic mass is 10.0. The van der Waals surface area contributed by atoms with Gasteiger partial charge in [-0.25, -0.2) is 0 Å². The molecule has 1 atom stereocenters. The fourth-order valence-corrected chi connectivity index (χ4v) is 2.61. The zero-order valence-electron chi connectivity index (χ0n) is 11.5. The number of rotatable bonds is 2. The van der Waals surface area contributed by atoms with Crippen molar-refractivity contribution in [1.82, 2.24) is 4.90 Å². The molecule has 1 heterocycles. The molecule has 0 aromatic heterocycles. The van der Waals surface area contributed by atoms with E-state index in [1.165, 1.54) is 12.8 Å². The molecule has 3 heteroatoms. The number of aryl methyl sites for hydroxylation is 1. The molecule has 0 N–H and O–H groups in total. The van der Waals surface area contributed by atoms with E-state index in [0.717, 1.165) is 29.9 Å². The van der Waals surface area contributed by atoms with Crippen molar-refractivity contribution in [3.05, 3.63) is 29.3 Å². The van der Waals surface area contributed by atoms with E-state index >= 15 is 0 Å². The minimum absolute atomic E-state index is 0.589. The summed E-state index contributed by atoms with van der Waals surface area (Å²) in [6, 6.07) is 9.07. The highest BCUT2D eigenvalue weighted by Gasteiger charge is 2.22. The van der Waals surface area contributed by atoms with Crippen LogP contribution in [0.1, 0.15) is 24.0 Å². The normalized spacial score (nSPS) is 19.9. The van der Waals surface area contributed by atoms with Crippen molar-refractivity contribution in [2.75, 3.05) is 32.1 Å². The number of benzene rings is 1. The summed E-state index contributed by atoms with van der Waals surface area (Å²) in [4.78, 5) is 4.64. The molecular formula is C15H21N3. The molecule has 1 saturated heterocycles. The third kappa shape index (κ3) is 2.65. The number of nitrogens with zero attached hydrogens (tertiary/aromatic N) is 3. The quantitative estimate of drug-likeness (QED) is 0.799. The molecule has 2 rings (SSSR count). The molecule has 0 aliphatic carbocycles. The van der Waals surface area contributed by atoms with Gasteiger partial charge in [0, 0.05) is 19.1 Å². The third-order valence-corrected chi connectivity index (χ3v) is 3.74. The minimum atomic E-state index is 0.589. The van der Waals surface area contributed by atoms with Crippen LogP contribution in [-0.4, -0.2) is 38.1 Å². The summed E-state index contributed by atoms with van der Waals surface area (Å²) in [6.07, 6.45) is 2.44. The van der Waals surface area contributed by atoms with E-state index in [-0.39, 0.29) is 0 Å². The van der Waals surface area contributed by atoms with E-state index in [1.54, 1.807) is 0 Å². The Balaban J connectivity index is 2.23. The van der Waals surface area contributed by atoms with Crippen molar-refractivity contribution >= 4 is 5.69 Å². The predicted octanol–water partition coefficient (Wildman–Crippen LogP) is 2.40. The van der Waals surface area contributed by atoms with Crippen molar-refractivity contribution in [2.24, 2.45) is 0 Å². The number of hydrogen-bond acceptors (Lipinski definition) is 3. The van der Waals surface area contributed by atoms with Crippen LogP contribution in [-0.2, 0) is 0 Å². The second-order valence-corrected chi connectivity index (χ2v) is 5.34. The van der Waals surface area contributed by atoms with Crippen LogP contribution in [0.25, 0.3) is 0 Å². The minimum Gasteiger partial charge on any atom is -0.369 e. The Labute approximate surface area is 110 Å². The Bertz CT molecular complexity index is 459. The van der Waals surface area contributed by atoms with Gasteiger partial charge in [0.25, 0.3) is 0 Å². The van der Waals surface area contributed by atoms with E-state index in [9.17, 15) is 5.26 Å². The summed E-state index contributed by atoms with van der Waals surface area (Å²) >= 11 is 0. The summed E-state index contributed by atoms with van der Waals surface area (Å²) in [7, 11) is 4.27. The monoisotopic (exact) mass is 243 g/mol. The molecule has 0 saturated carbocycles. The first-order valence-electron chi connectivity index (χ1n) is 6.54. The van der Waals surface area contributed by atoms with E-state index in [4.69, 9.17) is 0 Å². The molecule has 0 amide bonds. The third-order valence-electron chi connectivity index (χ3n) is 3.74. The van der Waals surface area contributed by atoms with Crippen LogP contribution in [0.4, 0.5) is 5.69 Å². The summed E-state index contributed by atoms with van der Waals surface area (Å²) in [5.41, 5.74) is 3.04. The van der Waals surface area contributed by atoms with Gasteiger partial charge in [-0.05, 0) is 51.6 Å². The number of likely N-dealkylation sites (N-methyl/N-ethyl adjacent to an activating group) is 1. The van der Waals surface area contributed by atoms with E-state index in [0.29, 0.717) is 6.04 Å². The lowest BCUT2D eigenvalue weighted by Gasteiger charge is -2.37. The van der Waals surface area contributed by atoms with Gasteiger partial charge in [0.15, 0.2) is 0 Å². The standard InChI is InChI=1S/C15H21N3/c1-12-6-7-15(13(9-12)10-16)18-8-4-5-14(11-18)17(2)3/h6-7,9,14H,4-5,8,11H2,1-3H3. The molecule has 18 heavy (non-hydrogen) atoms. The van der Waals surface area contributed by atoms with Gasteiger partial charge in [0.1, 0.15) is 6.07 Å². The fraction of sp³-hybridized carbons (Fsp3) is 0.533. The lowest BCUT2D eigenvalue weighted by Crippen LogP contribution is -2.45. The van der Waals surface area contributed by atoms with Crippen LogP contribution >= 0.6 is 0 Å². The molecule has 0 spiro atoms. The van der Waals surface area contributed by atoms with Crippen LogP contribution < -0.4 is 4.90 Å². The van der Waals surface area contributed by atoms with Crippen LogP contribution in [0, 0.1) is 18.3 Å². The molecule has 1 fully saturated rings.